The van der Waals surface area contributed by atoms with Gasteiger partial charge in [-0.05, 0) is 54.2 Å². The lowest BCUT2D eigenvalue weighted by Gasteiger charge is -2.15. The summed E-state index contributed by atoms with van der Waals surface area (Å²) in [6.07, 6.45) is 4.68. The van der Waals surface area contributed by atoms with Crippen LogP contribution >= 0.6 is 0 Å². The second-order valence-electron chi connectivity index (χ2n) is 9.83. The molecule has 0 bridgehead atoms. The molecule has 0 spiro atoms. The summed E-state index contributed by atoms with van der Waals surface area (Å²) in [7, 11) is 0. The second-order valence-corrected chi connectivity index (χ2v) is 9.83. The summed E-state index contributed by atoms with van der Waals surface area (Å²) in [6.45, 7) is 4.63. The van der Waals surface area contributed by atoms with Crippen LogP contribution in [0.4, 0.5) is 5.69 Å². The van der Waals surface area contributed by atoms with Crippen molar-refractivity contribution in [2.45, 2.75) is 32.9 Å². The number of amides is 1. The molecule has 5 rings (SSSR count). The molecule has 0 aliphatic heterocycles. The van der Waals surface area contributed by atoms with Crippen LogP contribution in [0.5, 0.6) is 0 Å². The predicted octanol–water partition coefficient (Wildman–Crippen LogP) is 4.22. The Balaban J connectivity index is 1.25. The number of carbonyl (C=O) groups is 1. The zero-order valence-corrected chi connectivity index (χ0v) is 22.3. The lowest BCUT2D eigenvalue weighted by atomic mass is 10.0. The van der Waals surface area contributed by atoms with Gasteiger partial charge in [0.05, 0.1) is 12.2 Å². The Bertz CT molecular complexity index is 1780. The Labute approximate surface area is 230 Å². The number of rotatable bonds is 8. The number of carbonyl (C=O) groups excluding carboxylic acids is 1. The average Bonchev–Trinajstić information content (AvgIpc) is 3.43. The smallest absolute Gasteiger partial charge is 0.326 e. The van der Waals surface area contributed by atoms with Crippen molar-refractivity contribution in [2.24, 2.45) is 0 Å². The highest BCUT2D eigenvalue weighted by Crippen LogP contribution is 2.24. The van der Waals surface area contributed by atoms with Crippen molar-refractivity contribution in [3.63, 3.8) is 0 Å². The summed E-state index contributed by atoms with van der Waals surface area (Å²) in [5, 5.41) is 7.34. The summed E-state index contributed by atoms with van der Waals surface area (Å²) in [5.41, 5.74) is 11.1. The van der Waals surface area contributed by atoms with Gasteiger partial charge >= 0.3 is 5.69 Å². The lowest BCUT2D eigenvalue weighted by molar-refractivity contribution is 0.0935. The molecule has 1 unspecified atom stereocenters. The number of anilines is 1. The number of hydrogen-bond donors (Lipinski definition) is 4. The fraction of sp³-hybridized carbons (Fsp3) is 0.161. The lowest BCUT2D eigenvalue weighted by Crippen LogP contribution is -2.34. The number of aryl methyl sites for hydroxylation is 3. The highest BCUT2D eigenvalue weighted by molar-refractivity contribution is 5.97. The van der Waals surface area contributed by atoms with Gasteiger partial charge in [-0.1, -0.05) is 72.3 Å². The van der Waals surface area contributed by atoms with Crippen molar-refractivity contribution in [2.75, 3.05) is 5.73 Å². The molecule has 0 aliphatic rings. The van der Waals surface area contributed by atoms with Gasteiger partial charge in [0.2, 0.25) is 0 Å². The number of benzene rings is 3. The average molecular weight is 535 g/mol. The van der Waals surface area contributed by atoms with Crippen LogP contribution < -0.4 is 22.3 Å². The fourth-order valence-corrected chi connectivity index (χ4v) is 4.55. The van der Waals surface area contributed by atoms with Gasteiger partial charge in [0.1, 0.15) is 11.4 Å². The minimum atomic E-state index is -0.806. The molecule has 2 heterocycles. The minimum Gasteiger partial charge on any atom is -0.392 e. The summed E-state index contributed by atoms with van der Waals surface area (Å²) >= 11 is 0. The van der Waals surface area contributed by atoms with E-state index < -0.39 is 23.2 Å². The van der Waals surface area contributed by atoms with Gasteiger partial charge < -0.3 is 16.0 Å². The summed E-state index contributed by atoms with van der Waals surface area (Å²) in [5.74, 6) is -0.641. The number of hydrogen-bond acceptors (Lipinski definition) is 5. The molecule has 5 aromatic rings. The molecule has 202 valence electrons. The van der Waals surface area contributed by atoms with Gasteiger partial charge in [-0.15, -0.1) is 0 Å². The van der Waals surface area contributed by atoms with Gasteiger partial charge in [-0.3, -0.25) is 19.3 Å². The first-order chi connectivity index (χ1) is 19.3. The van der Waals surface area contributed by atoms with Crippen LogP contribution in [-0.2, 0) is 13.0 Å². The number of nitrogen functional groups attached to an aromatic ring is 1. The van der Waals surface area contributed by atoms with E-state index >= 15 is 0 Å². The number of nitrogens with one attached hydrogen (secondary N) is 3. The zero-order valence-electron chi connectivity index (χ0n) is 22.3. The van der Waals surface area contributed by atoms with Gasteiger partial charge in [-0.25, -0.2) is 4.79 Å². The molecule has 5 N–H and O–H groups in total. The molecule has 0 saturated heterocycles. The zero-order chi connectivity index (χ0) is 28.2. The standard InChI is InChI=1S/C31H30N6O3/c1-19-9-11-22(12-10-19)24-7-3-5-21(15-24)13-14-37-18-26(17-33-37)25-8-4-6-23(16-25)20(2)34-30(39)28-27(32)29(38)36-31(40)35-28/h3-12,15-18,20H,13-14,32H2,1-2H3,(H,34,39)(H2,35,36,38,40). The van der Waals surface area contributed by atoms with Gasteiger partial charge in [0.15, 0.2) is 0 Å². The molecule has 1 atom stereocenters. The Hall–Kier alpha value is -5.18. The number of aromatic amines is 2. The third-order valence-electron chi connectivity index (χ3n) is 6.85. The molecule has 0 radical (unpaired) electrons. The second kappa shape index (κ2) is 11.3. The van der Waals surface area contributed by atoms with E-state index in [9.17, 15) is 14.4 Å². The first-order valence-corrected chi connectivity index (χ1v) is 13.0. The van der Waals surface area contributed by atoms with Crippen LogP contribution in [0.1, 0.15) is 40.1 Å². The van der Waals surface area contributed by atoms with Crippen molar-refractivity contribution in [1.82, 2.24) is 25.1 Å². The van der Waals surface area contributed by atoms with E-state index in [2.05, 4.69) is 70.9 Å². The Morgan fingerprint density at radius 2 is 1.68 bits per heavy atom. The predicted molar refractivity (Wildman–Crippen MR) is 156 cm³/mol. The normalized spacial score (nSPS) is 11.8. The van der Waals surface area contributed by atoms with Crippen LogP contribution in [0.2, 0.25) is 0 Å². The van der Waals surface area contributed by atoms with E-state index in [4.69, 9.17) is 5.73 Å². The molecular formula is C31H30N6O3. The molecule has 0 aliphatic carbocycles. The monoisotopic (exact) mass is 534 g/mol. The summed E-state index contributed by atoms with van der Waals surface area (Å²) in [6, 6.07) is 24.5. The van der Waals surface area contributed by atoms with Crippen LogP contribution in [-0.4, -0.2) is 25.7 Å². The van der Waals surface area contributed by atoms with Crippen LogP contribution in [0, 0.1) is 6.92 Å². The van der Waals surface area contributed by atoms with E-state index in [-0.39, 0.29) is 11.4 Å². The summed E-state index contributed by atoms with van der Waals surface area (Å²) < 4.78 is 1.93. The third kappa shape index (κ3) is 5.94. The van der Waals surface area contributed by atoms with Crippen LogP contribution in [0.3, 0.4) is 0 Å². The summed E-state index contributed by atoms with van der Waals surface area (Å²) in [4.78, 5) is 40.3. The quantitative estimate of drug-likeness (QED) is 0.236. The third-order valence-corrected chi connectivity index (χ3v) is 6.85. The molecule has 3 aromatic carbocycles. The molecular weight excluding hydrogens is 504 g/mol. The SMILES string of the molecule is Cc1ccc(-c2cccc(CCn3cc(-c4cccc(C(C)NC(=O)c5[nH]c(=O)[nH]c(=O)c5N)c4)cn3)c2)cc1. The van der Waals surface area contributed by atoms with Crippen LogP contribution in [0.15, 0.2) is 94.8 Å². The Morgan fingerprint density at radius 3 is 2.45 bits per heavy atom. The van der Waals surface area contributed by atoms with E-state index in [1.807, 2.05) is 53.2 Å². The molecule has 0 saturated carbocycles. The van der Waals surface area contributed by atoms with E-state index in [1.54, 1.807) is 0 Å². The van der Waals surface area contributed by atoms with Crippen LogP contribution in [0.25, 0.3) is 22.3 Å². The topological polar surface area (TPSA) is 139 Å². The first-order valence-electron chi connectivity index (χ1n) is 13.0. The molecule has 40 heavy (non-hydrogen) atoms. The van der Waals surface area contributed by atoms with Crippen molar-refractivity contribution < 1.29 is 4.79 Å². The van der Waals surface area contributed by atoms with E-state index in [1.165, 1.54) is 22.3 Å². The number of nitrogens with two attached hydrogens (primary N) is 1. The van der Waals surface area contributed by atoms with E-state index in [0.29, 0.717) is 0 Å². The largest absolute Gasteiger partial charge is 0.392 e. The highest BCUT2D eigenvalue weighted by Gasteiger charge is 2.17. The van der Waals surface area contributed by atoms with Crippen molar-refractivity contribution in [1.29, 1.82) is 0 Å². The molecule has 1 amide bonds. The Morgan fingerprint density at radius 1 is 0.950 bits per heavy atom. The van der Waals surface area contributed by atoms with Crippen molar-refractivity contribution in [3.05, 3.63) is 128 Å². The number of nitrogens with zero attached hydrogens (tertiary/aromatic N) is 2. The Kier molecular flexibility index (Phi) is 7.46. The van der Waals surface area contributed by atoms with Crippen molar-refractivity contribution in [3.8, 4) is 22.3 Å². The highest BCUT2D eigenvalue weighted by atomic mass is 16.2. The number of aromatic nitrogens is 4. The van der Waals surface area contributed by atoms with Crippen molar-refractivity contribution >= 4 is 11.6 Å². The maximum absolute atomic E-state index is 12.7. The maximum Gasteiger partial charge on any atom is 0.326 e. The fourth-order valence-electron chi connectivity index (χ4n) is 4.55. The molecule has 2 aromatic heterocycles. The number of H-pyrrole nitrogens is 2. The molecule has 0 fully saturated rings. The van der Waals surface area contributed by atoms with Gasteiger partial charge in [-0.2, -0.15) is 5.10 Å². The van der Waals surface area contributed by atoms with E-state index in [0.717, 1.165) is 29.7 Å². The molecule has 9 nitrogen and oxygen atoms in total. The first kappa shape index (κ1) is 26.4. The maximum atomic E-state index is 12.7. The minimum absolute atomic E-state index is 0.262. The van der Waals surface area contributed by atoms with Gasteiger partial charge in [0.25, 0.3) is 11.5 Å². The molecule has 9 heteroatoms. The van der Waals surface area contributed by atoms with Gasteiger partial charge in [0, 0.05) is 18.3 Å².